The Labute approximate surface area is 199 Å². The Hall–Kier alpha value is -2.87. The van der Waals surface area contributed by atoms with Crippen LogP contribution in [0.25, 0.3) is 11.1 Å². The van der Waals surface area contributed by atoms with Gasteiger partial charge in [-0.3, -0.25) is 0 Å². The van der Waals surface area contributed by atoms with Crippen LogP contribution in [0.15, 0.2) is 72.8 Å². The molecule has 33 heavy (non-hydrogen) atoms. The molecular formula is C31H36O2. The Kier molecular flexibility index (Phi) is 7.99. The highest BCUT2D eigenvalue weighted by Gasteiger charge is 2.22. The number of hydrogen-bond donors (Lipinski definition) is 0. The third-order valence-electron chi connectivity index (χ3n) is 7.05. The SMILES string of the molecule is CCCc1ccc(-c2ccc(OC(=O)c3ccc(C4CCC(CCC)CC4)cc3)cc2)cc1. The van der Waals surface area contributed by atoms with Crippen molar-refractivity contribution in [2.24, 2.45) is 5.92 Å². The van der Waals surface area contributed by atoms with Gasteiger partial charge in [-0.05, 0) is 90.5 Å². The fraction of sp³-hybridized carbons (Fsp3) is 0.387. The van der Waals surface area contributed by atoms with Crippen molar-refractivity contribution in [1.82, 2.24) is 0 Å². The van der Waals surface area contributed by atoms with Crippen molar-refractivity contribution in [2.45, 2.75) is 71.1 Å². The maximum Gasteiger partial charge on any atom is 0.343 e. The molecular weight excluding hydrogens is 404 g/mol. The molecule has 3 aromatic rings. The normalized spacial score (nSPS) is 18.1. The second-order valence-electron chi connectivity index (χ2n) is 9.49. The van der Waals surface area contributed by atoms with Crippen LogP contribution in [0.4, 0.5) is 0 Å². The highest BCUT2D eigenvalue weighted by Crippen LogP contribution is 2.37. The van der Waals surface area contributed by atoms with Gasteiger partial charge in [0.1, 0.15) is 5.75 Å². The number of ether oxygens (including phenoxy) is 1. The third kappa shape index (κ3) is 6.13. The van der Waals surface area contributed by atoms with E-state index in [-0.39, 0.29) is 5.97 Å². The molecule has 0 heterocycles. The molecule has 0 unspecified atom stereocenters. The van der Waals surface area contributed by atoms with Gasteiger partial charge in [0.15, 0.2) is 0 Å². The molecule has 1 saturated carbocycles. The van der Waals surface area contributed by atoms with E-state index in [0.717, 1.165) is 24.3 Å². The predicted molar refractivity (Wildman–Crippen MR) is 137 cm³/mol. The Morgan fingerprint density at radius 2 is 1.36 bits per heavy atom. The van der Waals surface area contributed by atoms with E-state index in [2.05, 4.69) is 50.2 Å². The fourth-order valence-corrected chi connectivity index (χ4v) is 5.12. The molecule has 1 aliphatic carbocycles. The van der Waals surface area contributed by atoms with Gasteiger partial charge >= 0.3 is 5.97 Å². The molecule has 172 valence electrons. The van der Waals surface area contributed by atoms with E-state index >= 15 is 0 Å². The molecule has 2 heteroatoms. The van der Waals surface area contributed by atoms with Crippen LogP contribution in [-0.4, -0.2) is 5.97 Å². The van der Waals surface area contributed by atoms with Crippen LogP contribution in [0.2, 0.25) is 0 Å². The Bertz CT molecular complexity index is 1010. The van der Waals surface area contributed by atoms with Gasteiger partial charge < -0.3 is 4.74 Å². The van der Waals surface area contributed by atoms with Crippen molar-refractivity contribution >= 4 is 5.97 Å². The van der Waals surface area contributed by atoms with Gasteiger partial charge in [0, 0.05) is 0 Å². The first-order valence-electron chi connectivity index (χ1n) is 12.7. The molecule has 3 aromatic carbocycles. The summed E-state index contributed by atoms with van der Waals surface area (Å²) in [5, 5.41) is 0. The average molecular weight is 441 g/mol. The summed E-state index contributed by atoms with van der Waals surface area (Å²) in [6.45, 7) is 4.48. The third-order valence-corrected chi connectivity index (χ3v) is 7.05. The maximum absolute atomic E-state index is 12.6. The van der Waals surface area contributed by atoms with Crippen molar-refractivity contribution < 1.29 is 9.53 Å². The highest BCUT2D eigenvalue weighted by atomic mass is 16.5. The van der Waals surface area contributed by atoms with Crippen LogP contribution in [-0.2, 0) is 6.42 Å². The molecule has 2 nitrogen and oxygen atoms in total. The van der Waals surface area contributed by atoms with Crippen LogP contribution < -0.4 is 4.74 Å². The second-order valence-corrected chi connectivity index (χ2v) is 9.49. The van der Waals surface area contributed by atoms with Gasteiger partial charge in [-0.2, -0.15) is 0 Å². The Morgan fingerprint density at radius 3 is 1.94 bits per heavy atom. The van der Waals surface area contributed by atoms with Crippen LogP contribution in [0, 0.1) is 5.92 Å². The molecule has 0 atom stereocenters. The summed E-state index contributed by atoms with van der Waals surface area (Å²) in [6.07, 6.45) is 10.1. The minimum Gasteiger partial charge on any atom is -0.423 e. The van der Waals surface area contributed by atoms with Gasteiger partial charge in [0.25, 0.3) is 0 Å². The number of benzene rings is 3. The topological polar surface area (TPSA) is 26.3 Å². The van der Waals surface area contributed by atoms with Crippen molar-refractivity contribution in [1.29, 1.82) is 0 Å². The largest absolute Gasteiger partial charge is 0.423 e. The molecule has 0 bridgehead atoms. The van der Waals surface area contributed by atoms with Crippen LogP contribution in [0.1, 0.15) is 86.2 Å². The number of hydrogen-bond acceptors (Lipinski definition) is 2. The monoisotopic (exact) mass is 440 g/mol. The summed E-state index contributed by atoms with van der Waals surface area (Å²) in [7, 11) is 0. The first kappa shape index (κ1) is 23.3. The van der Waals surface area contributed by atoms with E-state index in [1.165, 1.54) is 55.2 Å². The summed E-state index contributed by atoms with van der Waals surface area (Å²) < 4.78 is 5.63. The fourth-order valence-electron chi connectivity index (χ4n) is 5.12. The Morgan fingerprint density at radius 1 is 0.758 bits per heavy atom. The average Bonchev–Trinajstić information content (AvgIpc) is 2.86. The lowest BCUT2D eigenvalue weighted by atomic mass is 9.77. The minimum absolute atomic E-state index is 0.301. The molecule has 0 N–H and O–H groups in total. The smallest absolute Gasteiger partial charge is 0.343 e. The van der Waals surface area contributed by atoms with Crippen molar-refractivity contribution in [2.75, 3.05) is 0 Å². The highest BCUT2D eigenvalue weighted by molar-refractivity contribution is 5.91. The molecule has 0 aliphatic heterocycles. The minimum atomic E-state index is -0.301. The molecule has 1 aliphatic rings. The van der Waals surface area contributed by atoms with Gasteiger partial charge in [-0.25, -0.2) is 4.79 Å². The van der Waals surface area contributed by atoms with Gasteiger partial charge in [-0.15, -0.1) is 0 Å². The summed E-state index contributed by atoms with van der Waals surface area (Å²) in [5.41, 5.74) is 5.62. The van der Waals surface area contributed by atoms with Crippen LogP contribution >= 0.6 is 0 Å². The van der Waals surface area contributed by atoms with E-state index in [9.17, 15) is 4.79 Å². The summed E-state index contributed by atoms with van der Waals surface area (Å²) in [4.78, 5) is 12.6. The van der Waals surface area contributed by atoms with Crippen molar-refractivity contribution in [3.8, 4) is 16.9 Å². The molecule has 0 radical (unpaired) electrons. The van der Waals surface area contributed by atoms with Gasteiger partial charge in [0.2, 0.25) is 0 Å². The van der Waals surface area contributed by atoms with Gasteiger partial charge in [0.05, 0.1) is 5.56 Å². The van der Waals surface area contributed by atoms with E-state index in [1.54, 1.807) is 0 Å². The van der Waals surface area contributed by atoms with E-state index in [4.69, 9.17) is 4.74 Å². The van der Waals surface area contributed by atoms with Crippen LogP contribution in [0.5, 0.6) is 5.75 Å². The van der Waals surface area contributed by atoms with Gasteiger partial charge in [-0.1, -0.05) is 81.6 Å². The first-order valence-corrected chi connectivity index (χ1v) is 12.7. The molecule has 4 rings (SSSR count). The molecule has 0 amide bonds. The number of carbonyl (C=O) groups excluding carboxylic acids is 1. The van der Waals surface area contributed by atoms with Crippen LogP contribution in [0.3, 0.4) is 0 Å². The van der Waals surface area contributed by atoms with E-state index < -0.39 is 0 Å². The zero-order valence-corrected chi connectivity index (χ0v) is 20.1. The molecule has 0 spiro atoms. The molecule has 0 aromatic heterocycles. The zero-order chi connectivity index (χ0) is 23.0. The predicted octanol–water partition coefficient (Wildman–Crippen LogP) is 8.60. The lowest BCUT2D eigenvalue weighted by Gasteiger charge is -2.28. The number of esters is 1. The summed E-state index contributed by atoms with van der Waals surface area (Å²) >= 11 is 0. The van der Waals surface area contributed by atoms with E-state index in [0.29, 0.717) is 17.2 Å². The second kappa shape index (κ2) is 11.3. The standard InChI is InChI=1S/C31H36O2/c1-3-5-23-7-11-25(12-8-23)27-15-17-29(18-16-27)31(32)33-30-21-19-28(20-22-30)26-13-9-24(6-4-2)10-14-26/h9-10,13-23,25H,3-8,11-12H2,1-2H3. The first-order chi connectivity index (χ1) is 16.2. The Balaban J connectivity index is 1.33. The molecule has 0 saturated heterocycles. The summed E-state index contributed by atoms with van der Waals surface area (Å²) in [5.74, 6) is 1.81. The summed E-state index contributed by atoms with van der Waals surface area (Å²) in [6, 6.07) is 24.5. The van der Waals surface area contributed by atoms with Crippen molar-refractivity contribution in [3.63, 3.8) is 0 Å². The lowest BCUT2D eigenvalue weighted by molar-refractivity contribution is 0.0734. The number of carbonyl (C=O) groups is 1. The number of aryl methyl sites for hydroxylation is 1. The molecule has 1 fully saturated rings. The van der Waals surface area contributed by atoms with E-state index in [1.807, 2.05) is 36.4 Å². The van der Waals surface area contributed by atoms with Crippen molar-refractivity contribution in [3.05, 3.63) is 89.5 Å². The quantitative estimate of drug-likeness (QED) is 0.259. The number of rotatable bonds is 8. The maximum atomic E-state index is 12.6. The zero-order valence-electron chi connectivity index (χ0n) is 20.1. The lowest BCUT2D eigenvalue weighted by Crippen LogP contribution is -2.13.